The van der Waals surface area contributed by atoms with Crippen LogP contribution in [0.25, 0.3) is 21.5 Å². The second-order valence-electron chi connectivity index (χ2n) is 6.03. The predicted octanol–water partition coefficient (Wildman–Crippen LogP) is 5.84. The average molecular weight is 322 g/mol. The molecule has 0 unspecified atom stereocenters. The number of nitrogens with zero attached hydrogens (tertiary/aromatic N) is 2. The fraction of sp³-hybridized carbons (Fsp3) is 0.0435. The molecule has 0 aromatic heterocycles. The molecule has 0 atom stereocenters. The molecular formula is C23H18N2. The van der Waals surface area contributed by atoms with Crippen LogP contribution in [0, 0.1) is 0 Å². The van der Waals surface area contributed by atoms with Gasteiger partial charge in [-0.15, -0.1) is 0 Å². The Morgan fingerprint density at radius 2 is 1.28 bits per heavy atom. The van der Waals surface area contributed by atoms with Crippen molar-refractivity contribution in [3.8, 4) is 0 Å². The van der Waals surface area contributed by atoms with Crippen LogP contribution in [0.15, 0.2) is 95.1 Å². The van der Waals surface area contributed by atoms with Crippen molar-refractivity contribution in [1.29, 1.82) is 0 Å². The highest BCUT2D eigenvalue weighted by atomic mass is 15.2. The van der Waals surface area contributed by atoms with Crippen LogP contribution >= 0.6 is 0 Å². The molecule has 0 amide bonds. The third-order valence-electron chi connectivity index (χ3n) is 4.40. The highest BCUT2D eigenvalue weighted by Crippen LogP contribution is 2.27. The summed E-state index contributed by atoms with van der Waals surface area (Å²) in [4.78, 5) is 0. The Balaban J connectivity index is 1.82. The van der Waals surface area contributed by atoms with Crippen LogP contribution in [0.5, 0.6) is 0 Å². The van der Waals surface area contributed by atoms with Gasteiger partial charge < -0.3 is 0 Å². The van der Waals surface area contributed by atoms with E-state index in [1.54, 1.807) is 0 Å². The van der Waals surface area contributed by atoms with E-state index in [4.69, 9.17) is 0 Å². The van der Waals surface area contributed by atoms with Crippen molar-refractivity contribution in [2.24, 2.45) is 10.2 Å². The van der Waals surface area contributed by atoms with Crippen LogP contribution in [-0.4, -0.2) is 11.9 Å². The van der Waals surface area contributed by atoms with Crippen molar-refractivity contribution in [2.45, 2.75) is 6.92 Å². The van der Waals surface area contributed by atoms with E-state index in [2.05, 4.69) is 64.8 Å². The van der Waals surface area contributed by atoms with E-state index >= 15 is 0 Å². The molecule has 0 saturated heterocycles. The largest absolute Gasteiger partial charge is 0.158 e. The van der Waals surface area contributed by atoms with Crippen molar-refractivity contribution in [1.82, 2.24) is 0 Å². The van der Waals surface area contributed by atoms with E-state index in [9.17, 15) is 0 Å². The summed E-state index contributed by atoms with van der Waals surface area (Å²) < 4.78 is 0. The molecule has 120 valence electrons. The van der Waals surface area contributed by atoms with Crippen LogP contribution in [0.4, 0.5) is 0 Å². The van der Waals surface area contributed by atoms with E-state index in [1.165, 1.54) is 21.5 Å². The van der Waals surface area contributed by atoms with Crippen LogP contribution in [0.2, 0.25) is 0 Å². The SMILES string of the molecule is C/C(=N/N=C/c1c2ccccc2cc2ccccc12)c1ccccc1. The maximum atomic E-state index is 4.39. The molecule has 0 fully saturated rings. The Labute approximate surface area is 147 Å². The molecule has 2 heteroatoms. The van der Waals surface area contributed by atoms with Crippen molar-refractivity contribution < 1.29 is 0 Å². The molecule has 0 N–H and O–H groups in total. The number of benzene rings is 4. The molecule has 4 rings (SSSR count). The Bertz CT molecular complexity index is 1040. The molecule has 0 aliphatic rings. The van der Waals surface area contributed by atoms with Crippen LogP contribution in [0.3, 0.4) is 0 Å². The highest BCUT2D eigenvalue weighted by Gasteiger charge is 2.05. The standard InChI is InChI=1S/C23H18N2/c1-17(18-9-3-2-4-10-18)25-24-16-23-21-13-7-5-11-19(21)15-20-12-6-8-14-22(20)23/h2-16H,1H3/b24-16+,25-17-. The van der Waals surface area contributed by atoms with Gasteiger partial charge in [0.1, 0.15) is 0 Å². The summed E-state index contributed by atoms with van der Waals surface area (Å²) in [5.41, 5.74) is 3.10. The normalized spacial score (nSPS) is 12.3. The summed E-state index contributed by atoms with van der Waals surface area (Å²) >= 11 is 0. The fourth-order valence-corrected chi connectivity index (χ4v) is 3.10. The van der Waals surface area contributed by atoms with E-state index < -0.39 is 0 Å². The molecule has 25 heavy (non-hydrogen) atoms. The Morgan fingerprint density at radius 3 is 1.92 bits per heavy atom. The lowest BCUT2D eigenvalue weighted by atomic mass is 9.97. The minimum absolute atomic E-state index is 0.904. The predicted molar refractivity (Wildman–Crippen MR) is 108 cm³/mol. The molecular weight excluding hydrogens is 304 g/mol. The first-order chi connectivity index (χ1) is 12.3. The zero-order valence-electron chi connectivity index (χ0n) is 14.1. The summed E-state index contributed by atoms with van der Waals surface area (Å²) in [5.74, 6) is 0. The average Bonchev–Trinajstić information content (AvgIpc) is 2.68. The zero-order chi connectivity index (χ0) is 17.1. The third kappa shape index (κ3) is 3.07. The summed E-state index contributed by atoms with van der Waals surface area (Å²) in [6, 6.07) is 29.1. The van der Waals surface area contributed by atoms with Crippen molar-refractivity contribution in [3.05, 3.63) is 96.1 Å². The molecule has 0 bridgehead atoms. The molecule has 0 spiro atoms. The fourth-order valence-electron chi connectivity index (χ4n) is 3.10. The first-order valence-electron chi connectivity index (χ1n) is 8.36. The lowest BCUT2D eigenvalue weighted by Crippen LogP contribution is -1.93. The third-order valence-corrected chi connectivity index (χ3v) is 4.40. The molecule has 0 heterocycles. The number of hydrogen-bond donors (Lipinski definition) is 0. The topological polar surface area (TPSA) is 24.7 Å². The molecule has 0 aliphatic carbocycles. The van der Waals surface area contributed by atoms with Gasteiger partial charge in [-0.3, -0.25) is 0 Å². The lowest BCUT2D eigenvalue weighted by Gasteiger charge is -2.07. The van der Waals surface area contributed by atoms with Crippen LogP contribution in [-0.2, 0) is 0 Å². The van der Waals surface area contributed by atoms with Gasteiger partial charge in [0.25, 0.3) is 0 Å². The smallest absolute Gasteiger partial charge is 0.0671 e. The minimum atomic E-state index is 0.904. The molecule has 0 aliphatic heterocycles. The quantitative estimate of drug-likeness (QED) is 0.257. The molecule has 0 saturated carbocycles. The van der Waals surface area contributed by atoms with Gasteiger partial charge in [-0.2, -0.15) is 10.2 Å². The van der Waals surface area contributed by atoms with E-state index in [-0.39, 0.29) is 0 Å². The lowest BCUT2D eigenvalue weighted by molar-refractivity contribution is 1.24. The van der Waals surface area contributed by atoms with Crippen molar-refractivity contribution in [2.75, 3.05) is 0 Å². The Kier molecular flexibility index (Phi) is 4.09. The molecule has 2 nitrogen and oxygen atoms in total. The zero-order valence-corrected chi connectivity index (χ0v) is 14.1. The summed E-state index contributed by atoms with van der Waals surface area (Å²) in [6.45, 7) is 1.98. The van der Waals surface area contributed by atoms with Gasteiger partial charge in [-0.25, -0.2) is 0 Å². The Hall–Kier alpha value is -3.26. The number of hydrogen-bond acceptors (Lipinski definition) is 2. The summed E-state index contributed by atoms with van der Waals surface area (Å²) in [5, 5.41) is 13.6. The maximum absolute atomic E-state index is 4.39. The van der Waals surface area contributed by atoms with Gasteiger partial charge in [-0.1, -0.05) is 78.9 Å². The van der Waals surface area contributed by atoms with Crippen LogP contribution in [0.1, 0.15) is 18.1 Å². The maximum Gasteiger partial charge on any atom is 0.0671 e. The number of fused-ring (bicyclic) bond motifs is 2. The van der Waals surface area contributed by atoms with Gasteiger partial charge >= 0.3 is 0 Å². The summed E-state index contributed by atoms with van der Waals surface area (Å²) in [6.07, 6.45) is 1.87. The first-order valence-corrected chi connectivity index (χ1v) is 8.36. The van der Waals surface area contributed by atoms with Crippen molar-refractivity contribution >= 4 is 33.5 Å². The number of rotatable bonds is 3. The Morgan fingerprint density at radius 1 is 0.720 bits per heavy atom. The minimum Gasteiger partial charge on any atom is -0.158 e. The molecule has 4 aromatic carbocycles. The van der Waals surface area contributed by atoms with Gasteiger partial charge in [0.2, 0.25) is 0 Å². The van der Waals surface area contributed by atoms with E-state index in [0.717, 1.165) is 16.8 Å². The first kappa shape index (κ1) is 15.3. The van der Waals surface area contributed by atoms with E-state index in [0.29, 0.717) is 0 Å². The van der Waals surface area contributed by atoms with Gasteiger partial charge in [0.15, 0.2) is 0 Å². The van der Waals surface area contributed by atoms with Gasteiger partial charge in [-0.05, 0) is 40.1 Å². The van der Waals surface area contributed by atoms with Gasteiger partial charge in [0.05, 0.1) is 11.9 Å². The monoisotopic (exact) mass is 322 g/mol. The summed E-state index contributed by atoms with van der Waals surface area (Å²) in [7, 11) is 0. The second-order valence-corrected chi connectivity index (χ2v) is 6.03. The molecule has 0 radical (unpaired) electrons. The highest BCUT2D eigenvalue weighted by molar-refractivity contribution is 6.13. The second kappa shape index (κ2) is 6.70. The van der Waals surface area contributed by atoms with Crippen LogP contribution < -0.4 is 0 Å². The van der Waals surface area contributed by atoms with Gasteiger partial charge in [0, 0.05) is 5.56 Å². The molecule has 4 aromatic rings. The van der Waals surface area contributed by atoms with Crippen molar-refractivity contribution in [3.63, 3.8) is 0 Å². The van der Waals surface area contributed by atoms with E-state index in [1.807, 2.05) is 43.5 Å².